The standard InChI is InChI=1S/C12H28N2/c1-7-10(12(5,6)9-13)8-14-11(2,3)4/h10,14H,7-9,13H2,1-6H3/t10-/m0/s1. The monoisotopic (exact) mass is 200 g/mol. The summed E-state index contributed by atoms with van der Waals surface area (Å²) in [6, 6.07) is 0. The first-order valence-corrected chi connectivity index (χ1v) is 5.68. The Morgan fingerprint density at radius 2 is 1.64 bits per heavy atom. The molecule has 14 heavy (non-hydrogen) atoms. The molecule has 0 aromatic rings. The predicted octanol–water partition coefficient (Wildman–Crippen LogP) is 2.39. The molecule has 0 heterocycles. The van der Waals surface area contributed by atoms with Crippen molar-refractivity contribution in [2.45, 2.75) is 53.5 Å². The Morgan fingerprint density at radius 3 is 1.93 bits per heavy atom. The van der Waals surface area contributed by atoms with Crippen molar-refractivity contribution in [2.24, 2.45) is 17.1 Å². The van der Waals surface area contributed by atoms with Crippen LogP contribution in [-0.4, -0.2) is 18.6 Å². The summed E-state index contributed by atoms with van der Waals surface area (Å²) in [5.74, 6) is 0.659. The van der Waals surface area contributed by atoms with E-state index in [1.54, 1.807) is 0 Å². The molecule has 0 bridgehead atoms. The minimum atomic E-state index is 0.206. The number of hydrogen-bond acceptors (Lipinski definition) is 2. The highest BCUT2D eigenvalue weighted by Crippen LogP contribution is 2.27. The minimum Gasteiger partial charge on any atom is -0.330 e. The van der Waals surface area contributed by atoms with Gasteiger partial charge in [0.2, 0.25) is 0 Å². The second-order valence-corrected chi connectivity index (χ2v) is 5.93. The zero-order valence-electron chi connectivity index (χ0n) is 10.8. The lowest BCUT2D eigenvalue weighted by molar-refractivity contribution is 0.195. The van der Waals surface area contributed by atoms with Crippen molar-refractivity contribution in [3.05, 3.63) is 0 Å². The molecule has 0 aliphatic heterocycles. The van der Waals surface area contributed by atoms with Gasteiger partial charge in [0.05, 0.1) is 0 Å². The van der Waals surface area contributed by atoms with Gasteiger partial charge in [0.25, 0.3) is 0 Å². The van der Waals surface area contributed by atoms with Crippen LogP contribution < -0.4 is 11.1 Å². The average molecular weight is 200 g/mol. The highest BCUT2D eigenvalue weighted by Gasteiger charge is 2.27. The first-order valence-electron chi connectivity index (χ1n) is 5.68. The fraction of sp³-hybridized carbons (Fsp3) is 1.00. The van der Waals surface area contributed by atoms with E-state index in [1.165, 1.54) is 6.42 Å². The molecule has 2 nitrogen and oxygen atoms in total. The summed E-state index contributed by atoms with van der Waals surface area (Å²) in [7, 11) is 0. The lowest BCUT2D eigenvalue weighted by Gasteiger charge is -2.35. The molecule has 0 spiro atoms. The van der Waals surface area contributed by atoms with Crippen LogP contribution in [0.15, 0.2) is 0 Å². The lowest BCUT2D eigenvalue weighted by atomic mass is 9.77. The van der Waals surface area contributed by atoms with Gasteiger partial charge in [0, 0.05) is 5.54 Å². The van der Waals surface area contributed by atoms with Crippen molar-refractivity contribution in [1.29, 1.82) is 0 Å². The van der Waals surface area contributed by atoms with Gasteiger partial charge in [-0.3, -0.25) is 0 Å². The Bertz CT molecular complexity index is 156. The molecular formula is C12H28N2. The zero-order valence-corrected chi connectivity index (χ0v) is 10.8. The van der Waals surface area contributed by atoms with Gasteiger partial charge in [-0.2, -0.15) is 0 Å². The third-order valence-electron chi connectivity index (χ3n) is 3.00. The van der Waals surface area contributed by atoms with Gasteiger partial charge in [-0.1, -0.05) is 27.2 Å². The molecule has 0 fully saturated rings. The van der Waals surface area contributed by atoms with Crippen molar-refractivity contribution in [1.82, 2.24) is 5.32 Å². The van der Waals surface area contributed by atoms with Gasteiger partial charge in [0.15, 0.2) is 0 Å². The SMILES string of the molecule is CC[C@@H](CNC(C)(C)C)C(C)(C)CN. The van der Waals surface area contributed by atoms with Gasteiger partial charge in [-0.15, -0.1) is 0 Å². The molecule has 0 rings (SSSR count). The summed E-state index contributed by atoms with van der Waals surface area (Å²) in [4.78, 5) is 0. The maximum atomic E-state index is 5.79. The van der Waals surface area contributed by atoms with E-state index in [1.807, 2.05) is 0 Å². The van der Waals surface area contributed by atoms with Crippen LogP contribution in [0.3, 0.4) is 0 Å². The smallest absolute Gasteiger partial charge is 0.00966 e. The summed E-state index contributed by atoms with van der Waals surface area (Å²) in [6.45, 7) is 15.2. The molecule has 0 saturated carbocycles. The molecule has 0 radical (unpaired) electrons. The molecule has 2 heteroatoms. The van der Waals surface area contributed by atoms with E-state index in [9.17, 15) is 0 Å². The third kappa shape index (κ3) is 4.97. The van der Waals surface area contributed by atoms with E-state index >= 15 is 0 Å². The second kappa shape index (κ2) is 5.13. The highest BCUT2D eigenvalue weighted by molar-refractivity contribution is 4.82. The molecule has 0 aromatic carbocycles. The van der Waals surface area contributed by atoms with Gasteiger partial charge in [0.1, 0.15) is 0 Å². The summed E-state index contributed by atoms with van der Waals surface area (Å²) in [6.07, 6.45) is 1.19. The molecule has 0 aliphatic carbocycles. The van der Waals surface area contributed by atoms with Crippen LogP contribution >= 0.6 is 0 Å². The average Bonchev–Trinajstić information content (AvgIpc) is 2.03. The van der Waals surface area contributed by atoms with E-state index in [-0.39, 0.29) is 11.0 Å². The van der Waals surface area contributed by atoms with E-state index in [4.69, 9.17) is 5.73 Å². The van der Waals surface area contributed by atoms with Crippen molar-refractivity contribution >= 4 is 0 Å². The van der Waals surface area contributed by atoms with Gasteiger partial charge in [-0.25, -0.2) is 0 Å². The molecule has 0 saturated heterocycles. The van der Waals surface area contributed by atoms with Crippen LogP contribution in [0.2, 0.25) is 0 Å². The Morgan fingerprint density at radius 1 is 1.14 bits per heavy atom. The second-order valence-electron chi connectivity index (χ2n) is 5.93. The molecule has 3 N–H and O–H groups in total. The topological polar surface area (TPSA) is 38.0 Å². The van der Waals surface area contributed by atoms with Crippen molar-refractivity contribution < 1.29 is 0 Å². The molecule has 0 aliphatic rings. The molecule has 86 valence electrons. The van der Waals surface area contributed by atoms with E-state index in [2.05, 4.69) is 46.9 Å². The van der Waals surface area contributed by atoms with Crippen LogP contribution in [0.4, 0.5) is 0 Å². The summed E-state index contributed by atoms with van der Waals surface area (Å²) >= 11 is 0. The van der Waals surface area contributed by atoms with E-state index in [0.717, 1.165) is 13.1 Å². The Labute approximate surface area is 89.6 Å². The maximum absolute atomic E-state index is 5.79. The van der Waals surface area contributed by atoms with Crippen LogP contribution in [0.5, 0.6) is 0 Å². The molecular weight excluding hydrogens is 172 g/mol. The lowest BCUT2D eigenvalue weighted by Crippen LogP contribution is -2.44. The quantitative estimate of drug-likeness (QED) is 0.715. The Kier molecular flexibility index (Phi) is 5.10. The number of nitrogens with two attached hydrogens (primary N) is 1. The first kappa shape index (κ1) is 13.9. The van der Waals surface area contributed by atoms with Crippen LogP contribution in [0, 0.1) is 11.3 Å². The largest absolute Gasteiger partial charge is 0.330 e. The Hall–Kier alpha value is -0.0800. The number of rotatable bonds is 5. The molecule has 1 atom stereocenters. The fourth-order valence-electron chi connectivity index (χ4n) is 1.57. The van der Waals surface area contributed by atoms with Crippen molar-refractivity contribution in [2.75, 3.05) is 13.1 Å². The van der Waals surface area contributed by atoms with Crippen molar-refractivity contribution in [3.63, 3.8) is 0 Å². The normalized spacial score (nSPS) is 15.6. The molecule has 0 aromatic heterocycles. The minimum absolute atomic E-state index is 0.206. The summed E-state index contributed by atoms with van der Waals surface area (Å²) < 4.78 is 0. The first-order chi connectivity index (χ1) is 6.23. The maximum Gasteiger partial charge on any atom is 0.00966 e. The van der Waals surface area contributed by atoms with Crippen LogP contribution in [0.1, 0.15) is 48.0 Å². The number of hydrogen-bond donors (Lipinski definition) is 2. The Balaban J connectivity index is 4.17. The van der Waals surface area contributed by atoms with Crippen LogP contribution in [0.25, 0.3) is 0 Å². The number of nitrogens with one attached hydrogen (secondary N) is 1. The van der Waals surface area contributed by atoms with Crippen molar-refractivity contribution in [3.8, 4) is 0 Å². The van der Waals surface area contributed by atoms with E-state index < -0.39 is 0 Å². The van der Waals surface area contributed by atoms with Crippen LogP contribution in [-0.2, 0) is 0 Å². The third-order valence-corrected chi connectivity index (χ3v) is 3.00. The van der Waals surface area contributed by atoms with Gasteiger partial charge >= 0.3 is 0 Å². The molecule has 0 amide bonds. The van der Waals surface area contributed by atoms with E-state index in [0.29, 0.717) is 5.92 Å². The van der Waals surface area contributed by atoms with Gasteiger partial charge in [-0.05, 0) is 45.2 Å². The summed E-state index contributed by atoms with van der Waals surface area (Å²) in [5.41, 5.74) is 6.24. The fourth-order valence-corrected chi connectivity index (χ4v) is 1.57. The zero-order chi connectivity index (χ0) is 11.4. The molecule has 0 unspecified atom stereocenters. The van der Waals surface area contributed by atoms with Gasteiger partial charge < -0.3 is 11.1 Å². The predicted molar refractivity (Wildman–Crippen MR) is 64.4 cm³/mol. The summed E-state index contributed by atoms with van der Waals surface area (Å²) in [5, 5.41) is 3.56. The highest BCUT2D eigenvalue weighted by atomic mass is 14.9.